The number of rotatable bonds is 5. The number of nitrogens with one attached hydrogen (secondary N) is 1. The molecule has 2 aliphatic heterocycles. The van der Waals surface area contributed by atoms with Crippen LogP contribution in [-0.2, 0) is 16.1 Å². The second kappa shape index (κ2) is 9.03. The number of piperidine rings is 2. The molecule has 2 aromatic rings. The van der Waals surface area contributed by atoms with Gasteiger partial charge in [0, 0.05) is 50.7 Å². The lowest BCUT2D eigenvalue weighted by Crippen LogP contribution is -2.43. The molecule has 4 rings (SSSR count). The zero-order chi connectivity index (χ0) is 20.1. The maximum absolute atomic E-state index is 12.7. The van der Waals surface area contributed by atoms with Crippen molar-refractivity contribution < 1.29 is 9.59 Å². The molecule has 2 amide bonds. The number of amides is 2. The van der Waals surface area contributed by atoms with E-state index in [0.717, 1.165) is 50.0 Å². The number of anilines is 2. The van der Waals surface area contributed by atoms with Gasteiger partial charge in [-0.2, -0.15) is 0 Å². The molecule has 1 N–H and O–H groups in total. The Kier molecular flexibility index (Phi) is 6.03. The summed E-state index contributed by atoms with van der Waals surface area (Å²) in [6.07, 6.45) is 7.90. The van der Waals surface area contributed by atoms with Crippen LogP contribution in [0.4, 0.5) is 11.6 Å². The van der Waals surface area contributed by atoms with Crippen molar-refractivity contribution in [2.24, 2.45) is 5.92 Å². The molecule has 0 spiro atoms. The van der Waals surface area contributed by atoms with Gasteiger partial charge in [-0.15, -0.1) is 0 Å². The zero-order valence-corrected chi connectivity index (χ0v) is 16.6. The fourth-order valence-electron chi connectivity index (χ4n) is 4.07. The molecule has 1 aromatic carbocycles. The van der Waals surface area contributed by atoms with Crippen LogP contribution in [0, 0.1) is 5.92 Å². The van der Waals surface area contributed by atoms with Crippen molar-refractivity contribution >= 4 is 23.5 Å². The molecule has 0 saturated carbocycles. The van der Waals surface area contributed by atoms with Crippen LogP contribution in [0.1, 0.15) is 37.7 Å². The van der Waals surface area contributed by atoms with Crippen LogP contribution in [0.25, 0.3) is 0 Å². The molecule has 1 atom stereocenters. The Labute approximate surface area is 171 Å². The number of nitrogens with zero attached hydrogens (tertiary/aromatic N) is 4. The second-order valence-corrected chi connectivity index (χ2v) is 7.72. The van der Waals surface area contributed by atoms with Gasteiger partial charge in [0.2, 0.25) is 17.8 Å². The van der Waals surface area contributed by atoms with Gasteiger partial charge in [0.15, 0.2) is 0 Å². The normalized spacial score (nSPS) is 19.9. The van der Waals surface area contributed by atoms with Crippen LogP contribution in [-0.4, -0.2) is 41.4 Å². The highest BCUT2D eigenvalue weighted by Gasteiger charge is 2.27. The summed E-state index contributed by atoms with van der Waals surface area (Å²) in [6, 6.07) is 9.71. The number of benzene rings is 1. The SMILES string of the molecule is O=C(NCc1cccc(N2CCCCC2=O)c1)C1CCCN(c2ncccn2)C1. The topological polar surface area (TPSA) is 78.4 Å². The van der Waals surface area contributed by atoms with Crippen LogP contribution in [0.3, 0.4) is 0 Å². The third-order valence-electron chi connectivity index (χ3n) is 5.64. The van der Waals surface area contributed by atoms with Crippen molar-refractivity contribution in [3.05, 3.63) is 48.3 Å². The highest BCUT2D eigenvalue weighted by atomic mass is 16.2. The van der Waals surface area contributed by atoms with Gasteiger partial charge in [0.05, 0.1) is 5.92 Å². The lowest BCUT2D eigenvalue weighted by Gasteiger charge is -2.32. The van der Waals surface area contributed by atoms with E-state index in [0.29, 0.717) is 25.5 Å². The number of hydrogen-bond donors (Lipinski definition) is 1. The summed E-state index contributed by atoms with van der Waals surface area (Å²) in [6.45, 7) is 2.75. The average molecular weight is 393 g/mol. The van der Waals surface area contributed by atoms with E-state index in [-0.39, 0.29) is 17.7 Å². The standard InChI is InChI=1S/C22H27N5O2/c28-20-9-1-2-13-27(20)19-8-3-6-17(14-19)15-25-21(29)18-7-4-12-26(16-18)22-23-10-5-11-24-22/h3,5-6,8,10-11,14,18H,1-2,4,7,9,12-13,15-16H2,(H,25,29). The minimum absolute atomic E-state index is 0.0603. The van der Waals surface area contributed by atoms with E-state index in [1.165, 1.54) is 0 Å². The summed E-state index contributed by atoms with van der Waals surface area (Å²) in [5.74, 6) is 0.858. The Balaban J connectivity index is 1.34. The number of carbonyl (C=O) groups is 2. The Morgan fingerprint density at radius 1 is 1.10 bits per heavy atom. The third-order valence-corrected chi connectivity index (χ3v) is 5.64. The van der Waals surface area contributed by atoms with E-state index >= 15 is 0 Å². The highest BCUT2D eigenvalue weighted by Crippen LogP contribution is 2.23. The molecular weight excluding hydrogens is 366 g/mol. The number of hydrogen-bond acceptors (Lipinski definition) is 5. The summed E-state index contributed by atoms with van der Waals surface area (Å²) in [5, 5.41) is 3.07. The van der Waals surface area contributed by atoms with Crippen molar-refractivity contribution in [1.82, 2.24) is 15.3 Å². The smallest absolute Gasteiger partial charge is 0.226 e. The van der Waals surface area contributed by atoms with E-state index in [2.05, 4.69) is 20.2 Å². The van der Waals surface area contributed by atoms with Gasteiger partial charge in [0.25, 0.3) is 0 Å². The average Bonchev–Trinajstić information content (AvgIpc) is 2.79. The summed E-state index contributed by atoms with van der Waals surface area (Å²) in [5.41, 5.74) is 1.93. The first-order valence-corrected chi connectivity index (χ1v) is 10.4. The molecule has 7 nitrogen and oxygen atoms in total. The van der Waals surface area contributed by atoms with Gasteiger partial charge in [-0.05, 0) is 49.4 Å². The molecule has 0 aliphatic carbocycles. The van der Waals surface area contributed by atoms with Crippen LogP contribution >= 0.6 is 0 Å². The first-order chi connectivity index (χ1) is 14.2. The van der Waals surface area contributed by atoms with Crippen molar-refractivity contribution in [1.29, 1.82) is 0 Å². The molecular formula is C22H27N5O2. The first kappa shape index (κ1) is 19.4. The van der Waals surface area contributed by atoms with Crippen LogP contribution < -0.4 is 15.1 Å². The lowest BCUT2D eigenvalue weighted by atomic mass is 9.97. The molecule has 2 saturated heterocycles. The summed E-state index contributed by atoms with van der Waals surface area (Å²) in [7, 11) is 0. The van der Waals surface area contributed by atoms with Crippen molar-refractivity contribution in [3.63, 3.8) is 0 Å². The van der Waals surface area contributed by atoms with Gasteiger partial charge in [-0.1, -0.05) is 12.1 Å². The predicted octanol–water partition coefficient (Wildman–Crippen LogP) is 2.53. The summed E-state index contributed by atoms with van der Waals surface area (Å²) < 4.78 is 0. The fourth-order valence-corrected chi connectivity index (χ4v) is 4.07. The second-order valence-electron chi connectivity index (χ2n) is 7.72. The Morgan fingerprint density at radius 3 is 2.79 bits per heavy atom. The largest absolute Gasteiger partial charge is 0.352 e. The molecule has 29 heavy (non-hydrogen) atoms. The highest BCUT2D eigenvalue weighted by molar-refractivity contribution is 5.94. The molecule has 1 aromatic heterocycles. The molecule has 3 heterocycles. The molecule has 7 heteroatoms. The summed E-state index contributed by atoms with van der Waals surface area (Å²) >= 11 is 0. The van der Waals surface area contributed by atoms with Gasteiger partial charge in [-0.25, -0.2) is 9.97 Å². The fraction of sp³-hybridized carbons (Fsp3) is 0.455. The minimum Gasteiger partial charge on any atom is -0.352 e. The van der Waals surface area contributed by atoms with E-state index in [9.17, 15) is 9.59 Å². The monoisotopic (exact) mass is 393 g/mol. The van der Waals surface area contributed by atoms with Gasteiger partial charge in [-0.3, -0.25) is 9.59 Å². The van der Waals surface area contributed by atoms with Crippen molar-refractivity contribution in [3.8, 4) is 0 Å². The minimum atomic E-state index is -0.0700. The quantitative estimate of drug-likeness (QED) is 0.845. The van der Waals surface area contributed by atoms with E-state index in [1.54, 1.807) is 18.5 Å². The summed E-state index contributed by atoms with van der Waals surface area (Å²) in [4.78, 5) is 37.4. The van der Waals surface area contributed by atoms with Crippen LogP contribution in [0.15, 0.2) is 42.7 Å². The zero-order valence-electron chi connectivity index (χ0n) is 16.6. The molecule has 2 fully saturated rings. The van der Waals surface area contributed by atoms with E-state index in [1.807, 2.05) is 29.2 Å². The predicted molar refractivity (Wildman–Crippen MR) is 111 cm³/mol. The Hall–Kier alpha value is -2.96. The van der Waals surface area contributed by atoms with E-state index in [4.69, 9.17) is 0 Å². The number of carbonyl (C=O) groups excluding carboxylic acids is 2. The van der Waals surface area contributed by atoms with Gasteiger partial charge >= 0.3 is 0 Å². The maximum atomic E-state index is 12.7. The third kappa shape index (κ3) is 4.72. The first-order valence-electron chi connectivity index (χ1n) is 10.4. The van der Waals surface area contributed by atoms with Gasteiger partial charge in [0.1, 0.15) is 0 Å². The molecule has 2 aliphatic rings. The molecule has 0 bridgehead atoms. The Bertz CT molecular complexity index is 857. The van der Waals surface area contributed by atoms with Crippen LogP contribution in [0.5, 0.6) is 0 Å². The molecule has 1 unspecified atom stereocenters. The molecule has 0 radical (unpaired) electrons. The van der Waals surface area contributed by atoms with Crippen molar-refractivity contribution in [2.75, 3.05) is 29.4 Å². The van der Waals surface area contributed by atoms with Crippen molar-refractivity contribution in [2.45, 2.75) is 38.6 Å². The van der Waals surface area contributed by atoms with Crippen LogP contribution in [0.2, 0.25) is 0 Å². The van der Waals surface area contributed by atoms with Gasteiger partial charge < -0.3 is 15.1 Å². The maximum Gasteiger partial charge on any atom is 0.226 e. The molecule has 152 valence electrons. The lowest BCUT2D eigenvalue weighted by molar-refractivity contribution is -0.125. The van der Waals surface area contributed by atoms with E-state index < -0.39 is 0 Å². The number of aromatic nitrogens is 2. The Morgan fingerprint density at radius 2 is 1.97 bits per heavy atom.